The van der Waals surface area contributed by atoms with E-state index in [1.54, 1.807) is 24.3 Å². The summed E-state index contributed by atoms with van der Waals surface area (Å²) >= 11 is 0. The Bertz CT molecular complexity index is 1050. The Hall–Kier alpha value is -3.42. The zero-order valence-corrected chi connectivity index (χ0v) is 14.8. The van der Waals surface area contributed by atoms with E-state index < -0.39 is 34.8 Å². The number of amides is 1. The number of carbonyl (C=O) groups is 1. The van der Waals surface area contributed by atoms with E-state index >= 15 is 0 Å². The van der Waals surface area contributed by atoms with Gasteiger partial charge in [0.15, 0.2) is 11.6 Å². The van der Waals surface area contributed by atoms with Gasteiger partial charge < -0.3 is 10.5 Å². The van der Waals surface area contributed by atoms with Crippen LogP contribution < -0.4 is 10.5 Å². The molecular formula is C21H14F5NO2. The second-order valence-electron chi connectivity index (χ2n) is 6.16. The molecule has 0 aliphatic carbocycles. The largest absolute Gasteiger partial charge is 0.486 e. The number of nitrogens with two attached hydrogens (primary N) is 1. The molecule has 0 heterocycles. The molecular weight excluding hydrogens is 393 g/mol. The highest BCUT2D eigenvalue weighted by Crippen LogP contribution is 2.31. The molecule has 29 heavy (non-hydrogen) atoms. The van der Waals surface area contributed by atoms with Gasteiger partial charge in [-0.25, -0.2) is 8.78 Å². The Balaban J connectivity index is 1.79. The molecule has 0 fully saturated rings. The predicted molar refractivity (Wildman–Crippen MR) is 96.1 cm³/mol. The number of hydrogen-bond acceptors (Lipinski definition) is 2. The summed E-state index contributed by atoms with van der Waals surface area (Å²) in [6.07, 6.45) is -4.42. The lowest BCUT2D eigenvalue weighted by atomic mass is 10.0. The molecule has 3 nitrogen and oxygen atoms in total. The van der Waals surface area contributed by atoms with Crippen LogP contribution in [0.15, 0.2) is 60.7 Å². The van der Waals surface area contributed by atoms with Crippen LogP contribution in [-0.2, 0) is 12.8 Å². The lowest BCUT2D eigenvalue weighted by Crippen LogP contribution is -2.16. The number of carbonyl (C=O) groups excluding carboxylic acids is 1. The summed E-state index contributed by atoms with van der Waals surface area (Å²) in [5.41, 5.74) is 5.11. The van der Waals surface area contributed by atoms with Crippen molar-refractivity contribution in [1.29, 1.82) is 0 Å². The summed E-state index contributed by atoms with van der Waals surface area (Å²) < 4.78 is 71.1. The average Bonchev–Trinajstić information content (AvgIpc) is 2.67. The minimum Gasteiger partial charge on any atom is -0.486 e. The van der Waals surface area contributed by atoms with Gasteiger partial charge in [0, 0.05) is 0 Å². The molecule has 0 saturated heterocycles. The monoisotopic (exact) mass is 407 g/mol. The first-order valence-corrected chi connectivity index (χ1v) is 8.34. The highest BCUT2D eigenvalue weighted by molar-refractivity contribution is 5.93. The lowest BCUT2D eigenvalue weighted by Gasteiger charge is -2.11. The minimum atomic E-state index is -4.42. The summed E-state index contributed by atoms with van der Waals surface area (Å²) in [7, 11) is 0. The number of primary amides is 1. The number of halogens is 5. The SMILES string of the molecule is NC(=O)c1c(F)ccc(OCc2cccc(-c3ccc(C(F)(F)F)cc3)c2)c1F. The standard InChI is InChI=1S/C21H14F5NO2/c22-16-8-9-17(19(23)18(16)20(27)28)29-11-12-2-1-3-14(10-12)13-4-6-15(7-5-13)21(24,25)26/h1-10H,11H2,(H2,27,28). The van der Waals surface area contributed by atoms with Gasteiger partial charge in [0.05, 0.1) is 5.56 Å². The van der Waals surface area contributed by atoms with Gasteiger partial charge in [-0.3, -0.25) is 4.79 Å². The molecule has 1 amide bonds. The maximum atomic E-state index is 14.2. The zero-order valence-electron chi connectivity index (χ0n) is 14.8. The summed E-state index contributed by atoms with van der Waals surface area (Å²) in [6, 6.07) is 13.3. The number of alkyl halides is 3. The molecule has 0 aliphatic rings. The van der Waals surface area contributed by atoms with Crippen molar-refractivity contribution in [3.8, 4) is 16.9 Å². The average molecular weight is 407 g/mol. The lowest BCUT2D eigenvalue weighted by molar-refractivity contribution is -0.137. The van der Waals surface area contributed by atoms with Crippen molar-refractivity contribution in [2.75, 3.05) is 0 Å². The van der Waals surface area contributed by atoms with Crippen LogP contribution in [0.2, 0.25) is 0 Å². The number of ether oxygens (including phenoxy) is 1. The number of rotatable bonds is 5. The first-order valence-electron chi connectivity index (χ1n) is 8.34. The highest BCUT2D eigenvalue weighted by Gasteiger charge is 2.30. The van der Waals surface area contributed by atoms with Crippen molar-refractivity contribution in [3.05, 3.63) is 89.0 Å². The van der Waals surface area contributed by atoms with E-state index in [4.69, 9.17) is 10.5 Å². The zero-order chi connectivity index (χ0) is 21.2. The van der Waals surface area contributed by atoms with Crippen LogP contribution in [0.1, 0.15) is 21.5 Å². The van der Waals surface area contributed by atoms with Crippen molar-refractivity contribution < 1.29 is 31.5 Å². The van der Waals surface area contributed by atoms with Gasteiger partial charge in [0.1, 0.15) is 18.0 Å². The third kappa shape index (κ3) is 4.53. The number of benzene rings is 3. The fourth-order valence-electron chi connectivity index (χ4n) is 2.72. The highest BCUT2D eigenvalue weighted by atomic mass is 19.4. The molecule has 3 aromatic carbocycles. The maximum Gasteiger partial charge on any atom is 0.416 e. The number of hydrogen-bond donors (Lipinski definition) is 1. The minimum absolute atomic E-state index is 0.116. The van der Waals surface area contributed by atoms with E-state index in [-0.39, 0.29) is 12.4 Å². The Kier molecular flexibility index (Phi) is 5.54. The Morgan fingerprint density at radius 2 is 1.62 bits per heavy atom. The van der Waals surface area contributed by atoms with E-state index in [0.717, 1.165) is 24.3 Å². The molecule has 8 heteroatoms. The van der Waals surface area contributed by atoms with E-state index in [1.165, 1.54) is 12.1 Å². The molecule has 0 unspecified atom stereocenters. The van der Waals surface area contributed by atoms with Crippen molar-refractivity contribution in [2.45, 2.75) is 12.8 Å². The third-order valence-corrected chi connectivity index (χ3v) is 4.17. The quantitative estimate of drug-likeness (QED) is 0.582. The second-order valence-corrected chi connectivity index (χ2v) is 6.16. The molecule has 0 atom stereocenters. The molecule has 0 aliphatic heterocycles. The summed E-state index contributed by atoms with van der Waals surface area (Å²) in [5.74, 6) is -3.89. The summed E-state index contributed by atoms with van der Waals surface area (Å²) in [6.45, 7) is -0.116. The summed E-state index contributed by atoms with van der Waals surface area (Å²) in [4.78, 5) is 11.2. The topological polar surface area (TPSA) is 52.3 Å². The van der Waals surface area contributed by atoms with Crippen LogP contribution >= 0.6 is 0 Å². The van der Waals surface area contributed by atoms with Crippen LogP contribution in [0, 0.1) is 11.6 Å². The Morgan fingerprint density at radius 3 is 2.24 bits per heavy atom. The molecule has 0 aromatic heterocycles. The molecule has 3 rings (SSSR count). The van der Waals surface area contributed by atoms with Crippen LogP contribution in [0.5, 0.6) is 5.75 Å². The smallest absolute Gasteiger partial charge is 0.416 e. The normalized spacial score (nSPS) is 11.3. The van der Waals surface area contributed by atoms with Gasteiger partial charge in [-0.05, 0) is 47.0 Å². The van der Waals surface area contributed by atoms with Crippen LogP contribution in [-0.4, -0.2) is 5.91 Å². The van der Waals surface area contributed by atoms with Gasteiger partial charge in [0.2, 0.25) is 0 Å². The maximum absolute atomic E-state index is 14.2. The Morgan fingerprint density at radius 1 is 0.931 bits per heavy atom. The van der Waals surface area contributed by atoms with E-state index in [9.17, 15) is 26.7 Å². The Labute approximate surface area is 162 Å². The van der Waals surface area contributed by atoms with Crippen molar-refractivity contribution in [1.82, 2.24) is 0 Å². The van der Waals surface area contributed by atoms with Gasteiger partial charge in [-0.1, -0.05) is 30.3 Å². The van der Waals surface area contributed by atoms with Gasteiger partial charge in [-0.2, -0.15) is 13.2 Å². The van der Waals surface area contributed by atoms with E-state index in [2.05, 4.69) is 0 Å². The molecule has 0 saturated carbocycles. The fourth-order valence-corrected chi connectivity index (χ4v) is 2.72. The first kappa shape index (κ1) is 20.3. The van der Waals surface area contributed by atoms with Crippen molar-refractivity contribution in [2.24, 2.45) is 5.73 Å². The van der Waals surface area contributed by atoms with Gasteiger partial charge >= 0.3 is 6.18 Å². The fraction of sp³-hybridized carbons (Fsp3) is 0.0952. The third-order valence-electron chi connectivity index (χ3n) is 4.17. The van der Waals surface area contributed by atoms with Crippen LogP contribution in [0.25, 0.3) is 11.1 Å². The van der Waals surface area contributed by atoms with Crippen molar-refractivity contribution in [3.63, 3.8) is 0 Å². The molecule has 150 valence electrons. The second kappa shape index (κ2) is 7.90. The first-order chi connectivity index (χ1) is 13.7. The molecule has 0 radical (unpaired) electrons. The van der Waals surface area contributed by atoms with E-state index in [1.807, 2.05) is 0 Å². The molecule has 3 aromatic rings. The summed E-state index contributed by atoms with van der Waals surface area (Å²) in [5, 5.41) is 0. The predicted octanol–water partition coefficient (Wildman–Crippen LogP) is 5.33. The van der Waals surface area contributed by atoms with E-state index in [0.29, 0.717) is 16.7 Å². The van der Waals surface area contributed by atoms with Crippen LogP contribution in [0.4, 0.5) is 22.0 Å². The molecule has 0 spiro atoms. The van der Waals surface area contributed by atoms with Gasteiger partial charge in [-0.15, -0.1) is 0 Å². The van der Waals surface area contributed by atoms with Crippen LogP contribution in [0.3, 0.4) is 0 Å². The van der Waals surface area contributed by atoms with Gasteiger partial charge in [0.25, 0.3) is 5.91 Å². The molecule has 2 N–H and O–H groups in total. The molecule has 0 bridgehead atoms. The van der Waals surface area contributed by atoms with Crippen molar-refractivity contribution >= 4 is 5.91 Å².